The lowest BCUT2D eigenvalue weighted by atomic mass is 10.2. The van der Waals surface area contributed by atoms with Crippen LogP contribution in [-0.2, 0) is 11.3 Å². The molecule has 0 aliphatic rings. The second kappa shape index (κ2) is 6.37. The summed E-state index contributed by atoms with van der Waals surface area (Å²) in [4.78, 5) is 11.2. The van der Waals surface area contributed by atoms with E-state index in [1.165, 1.54) is 0 Å². The van der Waals surface area contributed by atoms with Crippen molar-refractivity contribution in [1.29, 1.82) is 5.26 Å². The first-order chi connectivity index (χ1) is 7.63. The van der Waals surface area contributed by atoms with Crippen molar-refractivity contribution in [3.8, 4) is 6.07 Å². The number of amides is 1. The Bertz CT molecular complexity index is 426. The maximum atomic E-state index is 11.2. The van der Waals surface area contributed by atoms with E-state index in [-0.39, 0.29) is 18.7 Å². The number of hydrogen-bond donors (Lipinski definition) is 1. The Hall–Kier alpha value is -1.24. The highest BCUT2D eigenvalue weighted by atomic mass is 35.5. The van der Waals surface area contributed by atoms with Crippen LogP contribution in [-0.4, -0.2) is 5.91 Å². The Morgan fingerprint density at radius 2 is 2.19 bits per heavy atom. The fourth-order valence-corrected chi connectivity index (χ4v) is 1.59. The predicted octanol–water partition coefficient (Wildman–Crippen LogP) is 2.91. The third-order valence-corrected chi connectivity index (χ3v) is 2.54. The molecule has 0 bridgehead atoms. The average Bonchev–Trinajstić information content (AvgIpc) is 2.25. The number of nitriles is 1. The fourth-order valence-electron chi connectivity index (χ4n) is 1.12. The van der Waals surface area contributed by atoms with Gasteiger partial charge in [-0.15, -0.1) is 0 Å². The Morgan fingerprint density at radius 3 is 2.81 bits per heavy atom. The van der Waals surface area contributed by atoms with Gasteiger partial charge in [-0.2, -0.15) is 5.26 Å². The SMILES string of the molecule is N#CCCC(=O)NCc1ccc(Cl)cc1Cl. The molecule has 0 fully saturated rings. The van der Waals surface area contributed by atoms with E-state index in [0.717, 1.165) is 5.56 Å². The van der Waals surface area contributed by atoms with Crippen molar-refractivity contribution in [2.45, 2.75) is 19.4 Å². The summed E-state index contributed by atoms with van der Waals surface area (Å²) in [7, 11) is 0. The van der Waals surface area contributed by atoms with E-state index in [0.29, 0.717) is 16.6 Å². The molecule has 84 valence electrons. The van der Waals surface area contributed by atoms with Gasteiger partial charge in [-0.1, -0.05) is 29.3 Å². The van der Waals surface area contributed by atoms with Gasteiger partial charge >= 0.3 is 0 Å². The zero-order valence-electron chi connectivity index (χ0n) is 8.46. The van der Waals surface area contributed by atoms with Crippen LogP contribution in [0.3, 0.4) is 0 Å². The van der Waals surface area contributed by atoms with Gasteiger partial charge in [0.05, 0.1) is 6.07 Å². The van der Waals surface area contributed by atoms with Crippen molar-refractivity contribution in [1.82, 2.24) is 5.32 Å². The molecule has 16 heavy (non-hydrogen) atoms. The minimum absolute atomic E-state index is 0.160. The molecular formula is C11H10Cl2N2O. The molecule has 0 aliphatic carbocycles. The summed E-state index contributed by atoms with van der Waals surface area (Å²) in [5, 5.41) is 12.1. The largest absolute Gasteiger partial charge is 0.352 e. The predicted molar refractivity (Wildman–Crippen MR) is 63.2 cm³/mol. The normalized spacial score (nSPS) is 9.56. The Labute approximate surface area is 104 Å². The summed E-state index contributed by atoms with van der Waals surface area (Å²) in [5.41, 5.74) is 0.802. The van der Waals surface area contributed by atoms with Gasteiger partial charge in [-0.3, -0.25) is 4.79 Å². The van der Waals surface area contributed by atoms with Crippen molar-refractivity contribution < 1.29 is 4.79 Å². The Balaban J connectivity index is 2.49. The molecule has 0 aromatic heterocycles. The summed E-state index contributed by atoms with van der Waals surface area (Å²) in [6.45, 7) is 0.347. The van der Waals surface area contributed by atoms with Gasteiger partial charge < -0.3 is 5.32 Å². The standard InChI is InChI=1S/C11H10Cl2N2O/c12-9-4-3-8(10(13)6-9)7-15-11(16)2-1-5-14/h3-4,6H,1-2,7H2,(H,15,16). The molecular weight excluding hydrogens is 247 g/mol. The molecule has 1 N–H and O–H groups in total. The highest BCUT2D eigenvalue weighted by Crippen LogP contribution is 2.20. The molecule has 1 rings (SSSR count). The van der Waals surface area contributed by atoms with Crippen LogP contribution < -0.4 is 5.32 Å². The molecule has 3 nitrogen and oxygen atoms in total. The first kappa shape index (κ1) is 12.8. The zero-order valence-corrected chi connectivity index (χ0v) is 9.98. The van der Waals surface area contributed by atoms with E-state index in [1.807, 2.05) is 6.07 Å². The molecule has 1 amide bonds. The summed E-state index contributed by atoms with van der Waals surface area (Å²) in [6, 6.07) is 7.01. The van der Waals surface area contributed by atoms with Gasteiger partial charge in [0.15, 0.2) is 0 Å². The lowest BCUT2D eigenvalue weighted by Crippen LogP contribution is -2.22. The second-order valence-electron chi connectivity index (χ2n) is 3.17. The van der Waals surface area contributed by atoms with Crippen LogP contribution >= 0.6 is 23.2 Å². The van der Waals surface area contributed by atoms with Crippen LogP contribution in [0, 0.1) is 11.3 Å². The molecule has 1 aromatic rings. The van der Waals surface area contributed by atoms with Crippen LogP contribution in [0.5, 0.6) is 0 Å². The van der Waals surface area contributed by atoms with Gasteiger partial charge in [-0.05, 0) is 17.7 Å². The smallest absolute Gasteiger partial charge is 0.221 e. The number of hydrogen-bond acceptors (Lipinski definition) is 2. The fraction of sp³-hybridized carbons (Fsp3) is 0.273. The summed E-state index contributed by atoms with van der Waals surface area (Å²) in [5.74, 6) is -0.160. The second-order valence-corrected chi connectivity index (χ2v) is 4.01. The molecule has 1 aromatic carbocycles. The third kappa shape index (κ3) is 4.09. The Kier molecular flexibility index (Phi) is 5.10. The van der Waals surface area contributed by atoms with Crippen LogP contribution in [0.2, 0.25) is 10.0 Å². The van der Waals surface area contributed by atoms with Crippen LogP contribution in [0.25, 0.3) is 0 Å². The topological polar surface area (TPSA) is 52.9 Å². The third-order valence-electron chi connectivity index (χ3n) is 1.95. The van der Waals surface area contributed by atoms with Crippen molar-refractivity contribution in [2.75, 3.05) is 0 Å². The average molecular weight is 257 g/mol. The van der Waals surface area contributed by atoms with Gasteiger partial charge in [0.1, 0.15) is 0 Å². The quantitative estimate of drug-likeness (QED) is 0.901. The van der Waals surface area contributed by atoms with Crippen molar-refractivity contribution >= 4 is 29.1 Å². The van der Waals surface area contributed by atoms with E-state index < -0.39 is 0 Å². The van der Waals surface area contributed by atoms with E-state index in [1.54, 1.807) is 18.2 Å². The summed E-state index contributed by atoms with van der Waals surface area (Å²) >= 11 is 11.7. The maximum Gasteiger partial charge on any atom is 0.221 e. The highest BCUT2D eigenvalue weighted by Gasteiger charge is 2.04. The first-order valence-electron chi connectivity index (χ1n) is 4.71. The number of benzene rings is 1. The van der Waals surface area contributed by atoms with Gasteiger partial charge in [-0.25, -0.2) is 0 Å². The Morgan fingerprint density at radius 1 is 1.44 bits per heavy atom. The zero-order chi connectivity index (χ0) is 12.0. The van der Waals surface area contributed by atoms with E-state index >= 15 is 0 Å². The molecule has 0 radical (unpaired) electrons. The molecule has 0 aliphatic heterocycles. The molecule has 0 saturated heterocycles. The molecule has 0 heterocycles. The lowest BCUT2D eigenvalue weighted by molar-refractivity contribution is -0.121. The van der Waals surface area contributed by atoms with Crippen molar-refractivity contribution in [2.24, 2.45) is 0 Å². The lowest BCUT2D eigenvalue weighted by Gasteiger charge is -2.06. The van der Waals surface area contributed by atoms with Crippen LogP contribution in [0.15, 0.2) is 18.2 Å². The van der Waals surface area contributed by atoms with Gasteiger partial charge in [0, 0.05) is 29.4 Å². The minimum Gasteiger partial charge on any atom is -0.352 e. The van der Waals surface area contributed by atoms with Crippen LogP contribution in [0.4, 0.5) is 0 Å². The van der Waals surface area contributed by atoms with E-state index in [9.17, 15) is 4.79 Å². The maximum absolute atomic E-state index is 11.2. The van der Waals surface area contributed by atoms with Gasteiger partial charge in [0.25, 0.3) is 0 Å². The number of carbonyl (C=O) groups is 1. The summed E-state index contributed by atoms with van der Waals surface area (Å²) < 4.78 is 0. The number of halogens is 2. The summed E-state index contributed by atoms with van der Waals surface area (Å²) in [6.07, 6.45) is 0.432. The van der Waals surface area contributed by atoms with E-state index in [2.05, 4.69) is 5.32 Å². The van der Waals surface area contributed by atoms with Crippen molar-refractivity contribution in [3.05, 3.63) is 33.8 Å². The number of nitrogens with one attached hydrogen (secondary N) is 1. The first-order valence-corrected chi connectivity index (χ1v) is 5.46. The van der Waals surface area contributed by atoms with Crippen molar-refractivity contribution in [3.63, 3.8) is 0 Å². The number of rotatable bonds is 4. The monoisotopic (exact) mass is 256 g/mol. The minimum atomic E-state index is -0.160. The molecule has 0 saturated carbocycles. The molecule has 0 spiro atoms. The molecule has 0 unspecified atom stereocenters. The molecule has 0 atom stereocenters. The van der Waals surface area contributed by atoms with Crippen LogP contribution in [0.1, 0.15) is 18.4 Å². The van der Waals surface area contributed by atoms with E-state index in [4.69, 9.17) is 28.5 Å². The number of nitrogens with zero attached hydrogens (tertiary/aromatic N) is 1. The highest BCUT2D eigenvalue weighted by molar-refractivity contribution is 6.35. The molecule has 5 heteroatoms. The number of carbonyl (C=O) groups excluding carboxylic acids is 1. The van der Waals surface area contributed by atoms with Gasteiger partial charge in [0.2, 0.25) is 5.91 Å².